The van der Waals surface area contributed by atoms with E-state index in [1.807, 2.05) is 4.72 Å². The SMILES string of the molecule is CC(CC(F)(F)F)NS(=O)(=O)c1ccc(Cl)c(Br)c1. The second-order valence-corrected chi connectivity index (χ2v) is 6.89. The molecule has 1 unspecified atom stereocenters. The number of sulfonamides is 1. The number of hydrogen-bond donors (Lipinski definition) is 1. The number of alkyl halides is 3. The van der Waals surface area contributed by atoms with E-state index in [0.717, 1.165) is 6.92 Å². The zero-order valence-corrected chi connectivity index (χ0v) is 12.8. The van der Waals surface area contributed by atoms with Gasteiger partial charge in [-0.3, -0.25) is 0 Å². The molecule has 0 aliphatic rings. The van der Waals surface area contributed by atoms with Gasteiger partial charge in [-0.1, -0.05) is 11.6 Å². The van der Waals surface area contributed by atoms with Gasteiger partial charge in [0, 0.05) is 10.5 Å². The van der Waals surface area contributed by atoms with Crippen LogP contribution >= 0.6 is 27.5 Å². The fourth-order valence-electron chi connectivity index (χ4n) is 1.37. The molecule has 0 heterocycles. The first-order valence-electron chi connectivity index (χ1n) is 5.05. The number of benzene rings is 1. The first-order chi connectivity index (χ1) is 8.51. The summed E-state index contributed by atoms with van der Waals surface area (Å²) in [5, 5.41) is 0.308. The van der Waals surface area contributed by atoms with Crippen LogP contribution in [0.3, 0.4) is 0 Å². The molecule has 0 saturated carbocycles. The molecular formula is C10H10BrClF3NO2S. The van der Waals surface area contributed by atoms with Gasteiger partial charge in [0.25, 0.3) is 0 Å². The van der Waals surface area contributed by atoms with Gasteiger partial charge in [0.2, 0.25) is 10.0 Å². The van der Waals surface area contributed by atoms with Gasteiger partial charge >= 0.3 is 6.18 Å². The topological polar surface area (TPSA) is 46.2 Å². The van der Waals surface area contributed by atoms with Crippen molar-refractivity contribution >= 4 is 37.6 Å². The van der Waals surface area contributed by atoms with E-state index in [1.165, 1.54) is 18.2 Å². The van der Waals surface area contributed by atoms with Crippen molar-refractivity contribution < 1.29 is 21.6 Å². The van der Waals surface area contributed by atoms with Crippen LogP contribution < -0.4 is 4.72 Å². The molecule has 0 aromatic heterocycles. The molecule has 0 amide bonds. The number of halogens is 5. The summed E-state index contributed by atoms with van der Waals surface area (Å²) in [6, 6.07) is 2.54. The molecule has 9 heteroatoms. The molecule has 1 N–H and O–H groups in total. The van der Waals surface area contributed by atoms with Gasteiger partial charge in [0.1, 0.15) is 0 Å². The van der Waals surface area contributed by atoms with Gasteiger partial charge in [-0.25, -0.2) is 13.1 Å². The van der Waals surface area contributed by atoms with Crippen molar-refractivity contribution in [1.82, 2.24) is 4.72 Å². The van der Waals surface area contributed by atoms with Crippen molar-refractivity contribution in [1.29, 1.82) is 0 Å². The van der Waals surface area contributed by atoms with Gasteiger partial charge < -0.3 is 0 Å². The molecule has 0 bridgehead atoms. The summed E-state index contributed by atoms with van der Waals surface area (Å²) < 4.78 is 62.4. The van der Waals surface area contributed by atoms with Crippen LogP contribution in [0.1, 0.15) is 13.3 Å². The molecule has 0 aliphatic carbocycles. The van der Waals surface area contributed by atoms with E-state index < -0.39 is 28.7 Å². The summed E-state index contributed by atoms with van der Waals surface area (Å²) in [5.41, 5.74) is 0. The van der Waals surface area contributed by atoms with Crippen LogP contribution in [0.25, 0.3) is 0 Å². The maximum Gasteiger partial charge on any atom is 0.390 e. The number of rotatable bonds is 4. The lowest BCUT2D eigenvalue weighted by Gasteiger charge is -2.16. The van der Waals surface area contributed by atoms with Crippen LogP contribution in [-0.4, -0.2) is 20.6 Å². The first-order valence-corrected chi connectivity index (χ1v) is 7.71. The predicted molar refractivity (Wildman–Crippen MR) is 69.6 cm³/mol. The minimum Gasteiger partial charge on any atom is -0.208 e. The fourth-order valence-corrected chi connectivity index (χ4v) is 3.28. The molecule has 1 rings (SSSR count). The normalized spacial score (nSPS) is 14.4. The zero-order valence-electron chi connectivity index (χ0n) is 9.63. The molecule has 108 valence electrons. The minimum atomic E-state index is -4.43. The Morgan fingerprint density at radius 3 is 2.47 bits per heavy atom. The maximum atomic E-state index is 12.1. The van der Waals surface area contributed by atoms with Crippen molar-refractivity contribution in [3.05, 3.63) is 27.7 Å². The van der Waals surface area contributed by atoms with Crippen LogP contribution in [0.15, 0.2) is 27.6 Å². The molecule has 1 aromatic rings. The van der Waals surface area contributed by atoms with E-state index in [0.29, 0.717) is 9.50 Å². The van der Waals surface area contributed by atoms with Gasteiger partial charge in [-0.15, -0.1) is 0 Å². The maximum absolute atomic E-state index is 12.1. The summed E-state index contributed by atoms with van der Waals surface area (Å²) >= 11 is 8.76. The highest BCUT2D eigenvalue weighted by atomic mass is 79.9. The Labute approximate surface area is 122 Å². The average molecular weight is 381 g/mol. The predicted octanol–water partition coefficient (Wildman–Crippen LogP) is 3.72. The van der Waals surface area contributed by atoms with E-state index in [2.05, 4.69) is 15.9 Å². The van der Waals surface area contributed by atoms with E-state index in [9.17, 15) is 21.6 Å². The monoisotopic (exact) mass is 379 g/mol. The smallest absolute Gasteiger partial charge is 0.208 e. The Bertz CT molecular complexity index is 562. The van der Waals surface area contributed by atoms with Crippen molar-refractivity contribution in [3.8, 4) is 0 Å². The fraction of sp³-hybridized carbons (Fsp3) is 0.400. The molecular weight excluding hydrogens is 371 g/mol. The van der Waals surface area contributed by atoms with Gasteiger partial charge in [-0.2, -0.15) is 13.2 Å². The highest BCUT2D eigenvalue weighted by Gasteiger charge is 2.32. The largest absolute Gasteiger partial charge is 0.390 e. The van der Waals surface area contributed by atoms with E-state index in [1.54, 1.807) is 0 Å². The minimum absolute atomic E-state index is 0.155. The lowest BCUT2D eigenvalue weighted by atomic mass is 10.2. The molecule has 0 fully saturated rings. The summed E-state index contributed by atoms with van der Waals surface area (Å²) in [6.07, 6.45) is -5.66. The highest BCUT2D eigenvalue weighted by molar-refractivity contribution is 9.10. The highest BCUT2D eigenvalue weighted by Crippen LogP contribution is 2.26. The first kappa shape index (κ1) is 16.7. The standard InChI is InChI=1S/C10H10BrClF3NO2S/c1-6(5-10(13,14)15)16-19(17,18)7-2-3-9(12)8(11)4-7/h2-4,6,16H,5H2,1H3. The van der Waals surface area contributed by atoms with E-state index >= 15 is 0 Å². The van der Waals surface area contributed by atoms with Crippen LogP contribution in [0.4, 0.5) is 13.2 Å². The Kier molecular flexibility index (Phi) is 5.28. The van der Waals surface area contributed by atoms with Crippen LogP contribution in [0, 0.1) is 0 Å². The summed E-state index contributed by atoms with van der Waals surface area (Å²) in [5.74, 6) is 0. The molecule has 3 nitrogen and oxygen atoms in total. The zero-order chi connectivity index (χ0) is 14.8. The molecule has 0 radical (unpaired) electrons. The Morgan fingerprint density at radius 2 is 2.00 bits per heavy atom. The third-order valence-electron chi connectivity index (χ3n) is 2.10. The molecule has 19 heavy (non-hydrogen) atoms. The van der Waals surface area contributed by atoms with E-state index in [4.69, 9.17) is 11.6 Å². The van der Waals surface area contributed by atoms with Crippen LogP contribution in [-0.2, 0) is 10.0 Å². The Balaban J connectivity index is 2.89. The lowest BCUT2D eigenvalue weighted by Crippen LogP contribution is -2.35. The Hall–Kier alpha value is -0.310. The second-order valence-electron chi connectivity index (χ2n) is 3.92. The van der Waals surface area contributed by atoms with Crippen LogP contribution in [0.5, 0.6) is 0 Å². The number of nitrogens with one attached hydrogen (secondary N) is 1. The quantitative estimate of drug-likeness (QED) is 0.865. The van der Waals surface area contributed by atoms with Gasteiger partial charge in [-0.05, 0) is 41.1 Å². The number of hydrogen-bond acceptors (Lipinski definition) is 2. The second kappa shape index (κ2) is 5.99. The lowest BCUT2D eigenvalue weighted by molar-refractivity contribution is -0.137. The summed E-state index contributed by atoms with van der Waals surface area (Å²) in [7, 11) is -4.01. The van der Waals surface area contributed by atoms with Gasteiger partial charge in [0.15, 0.2) is 0 Å². The van der Waals surface area contributed by atoms with Crippen molar-refractivity contribution in [3.63, 3.8) is 0 Å². The molecule has 0 aliphatic heterocycles. The average Bonchev–Trinajstić information content (AvgIpc) is 2.17. The molecule has 0 saturated heterocycles. The van der Waals surface area contributed by atoms with Crippen molar-refractivity contribution in [2.24, 2.45) is 0 Å². The molecule has 1 aromatic carbocycles. The third-order valence-corrected chi connectivity index (χ3v) is 4.90. The summed E-state index contributed by atoms with van der Waals surface area (Å²) in [4.78, 5) is -0.155. The molecule has 0 spiro atoms. The van der Waals surface area contributed by atoms with Gasteiger partial charge in [0.05, 0.1) is 16.3 Å². The third kappa shape index (κ3) is 5.29. The molecule has 1 atom stereocenters. The Morgan fingerprint density at radius 1 is 1.42 bits per heavy atom. The summed E-state index contributed by atoms with van der Waals surface area (Å²) in [6.45, 7) is 1.15. The van der Waals surface area contributed by atoms with Crippen LogP contribution in [0.2, 0.25) is 5.02 Å². The van der Waals surface area contributed by atoms with Crippen molar-refractivity contribution in [2.75, 3.05) is 0 Å². The van der Waals surface area contributed by atoms with E-state index in [-0.39, 0.29) is 4.90 Å². The van der Waals surface area contributed by atoms with Crippen molar-refractivity contribution in [2.45, 2.75) is 30.5 Å².